The predicted octanol–water partition coefficient (Wildman–Crippen LogP) is 3.16. The van der Waals surface area contributed by atoms with Gasteiger partial charge in [-0.05, 0) is 34.1 Å². The second kappa shape index (κ2) is 6.58. The Kier molecular flexibility index (Phi) is 4.81. The number of nitrogen functional groups attached to an aromatic ring is 1. The molecule has 0 fully saturated rings. The smallest absolute Gasteiger partial charge is 0.235 e. The average Bonchev–Trinajstić information content (AvgIpc) is 2.41. The number of hydrogen-bond donors (Lipinski definition) is 2. The van der Waals surface area contributed by atoms with Gasteiger partial charge in [-0.3, -0.25) is 4.79 Å². The summed E-state index contributed by atoms with van der Waals surface area (Å²) in [5.41, 5.74) is 6.13. The Morgan fingerprint density at radius 3 is 2.79 bits per heavy atom. The van der Waals surface area contributed by atoms with Gasteiger partial charge in [0.05, 0.1) is 22.1 Å². The average molecular weight is 338 g/mol. The zero-order chi connectivity index (χ0) is 13.7. The number of nitrogens with one attached hydrogen (secondary N) is 1. The number of hydrogen-bond acceptors (Lipinski definition) is 4. The third-order valence-electron chi connectivity index (χ3n) is 2.23. The van der Waals surface area contributed by atoms with Crippen LogP contribution in [0.2, 0.25) is 0 Å². The lowest BCUT2D eigenvalue weighted by atomic mass is 10.4. The number of nitrogens with two attached hydrogens (primary N) is 1. The molecule has 98 valence electrons. The van der Waals surface area contributed by atoms with E-state index in [0.29, 0.717) is 21.7 Å². The van der Waals surface area contributed by atoms with Crippen LogP contribution in [0.1, 0.15) is 0 Å². The Morgan fingerprint density at radius 2 is 2.11 bits per heavy atom. The van der Waals surface area contributed by atoms with Gasteiger partial charge in [-0.1, -0.05) is 18.2 Å². The number of rotatable bonds is 4. The maximum atomic E-state index is 11.8. The highest BCUT2D eigenvalue weighted by Crippen LogP contribution is 2.22. The number of carbonyl (C=O) groups excluding carboxylic acids is 1. The van der Waals surface area contributed by atoms with Crippen LogP contribution in [0.5, 0.6) is 0 Å². The molecule has 0 saturated heterocycles. The standard InChI is InChI=1S/C13H12BrN3OS/c14-11-6-9(15)7-16-13(11)17-12(18)8-19-10-4-2-1-3-5-10/h1-7H,8,15H2,(H,16,17,18). The molecule has 0 aliphatic rings. The number of carbonyl (C=O) groups is 1. The van der Waals surface area contributed by atoms with Crippen LogP contribution in [-0.4, -0.2) is 16.6 Å². The highest BCUT2D eigenvalue weighted by atomic mass is 79.9. The number of aromatic nitrogens is 1. The molecule has 1 aromatic heterocycles. The topological polar surface area (TPSA) is 68.0 Å². The molecule has 0 bridgehead atoms. The van der Waals surface area contributed by atoms with E-state index in [1.54, 1.807) is 6.07 Å². The van der Waals surface area contributed by atoms with Crippen molar-refractivity contribution in [1.29, 1.82) is 0 Å². The molecule has 2 rings (SSSR count). The summed E-state index contributed by atoms with van der Waals surface area (Å²) in [4.78, 5) is 16.9. The first-order valence-corrected chi connectivity index (χ1v) is 7.32. The fourth-order valence-electron chi connectivity index (χ4n) is 1.38. The van der Waals surface area contributed by atoms with Gasteiger partial charge in [0.15, 0.2) is 0 Å². The third kappa shape index (κ3) is 4.25. The summed E-state index contributed by atoms with van der Waals surface area (Å²) < 4.78 is 0.672. The molecule has 19 heavy (non-hydrogen) atoms. The van der Waals surface area contributed by atoms with Crippen molar-refractivity contribution in [2.75, 3.05) is 16.8 Å². The van der Waals surface area contributed by atoms with Crippen molar-refractivity contribution < 1.29 is 4.79 Å². The molecule has 0 radical (unpaired) electrons. The molecule has 0 atom stereocenters. The van der Waals surface area contributed by atoms with E-state index < -0.39 is 0 Å². The predicted molar refractivity (Wildman–Crippen MR) is 82.1 cm³/mol. The van der Waals surface area contributed by atoms with E-state index in [0.717, 1.165) is 4.90 Å². The quantitative estimate of drug-likeness (QED) is 0.841. The zero-order valence-corrected chi connectivity index (χ0v) is 12.4. The monoisotopic (exact) mass is 337 g/mol. The molecule has 1 aromatic carbocycles. The first-order chi connectivity index (χ1) is 9.15. The lowest BCUT2D eigenvalue weighted by Gasteiger charge is -2.06. The lowest BCUT2D eigenvalue weighted by Crippen LogP contribution is -2.15. The first kappa shape index (κ1) is 13.9. The number of thioether (sulfide) groups is 1. The molecular weight excluding hydrogens is 326 g/mol. The zero-order valence-electron chi connectivity index (χ0n) is 9.97. The number of amides is 1. The maximum Gasteiger partial charge on any atom is 0.235 e. The summed E-state index contributed by atoms with van der Waals surface area (Å²) in [6.07, 6.45) is 1.50. The van der Waals surface area contributed by atoms with Gasteiger partial charge in [-0.15, -0.1) is 11.8 Å². The van der Waals surface area contributed by atoms with E-state index in [1.807, 2.05) is 30.3 Å². The fraction of sp³-hybridized carbons (Fsp3) is 0.0769. The second-order valence-electron chi connectivity index (χ2n) is 3.75. The van der Waals surface area contributed by atoms with Crippen molar-refractivity contribution in [2.45, 2.75) is 4.90 Å². The van der Waals surface area contributed by atoms with Crippen molar-refractivity contribution in [2.24, 2.45) is 0 Å². The lowest BCUT2D eigenvalue weighted by molar-refractivity contribution is -0.113. The van der Waals surface area contributed by atoms with Gasteiger partial charge in [0.1, 0.15) is 5.82 Å². The van der Waals surface area contributed by atoms with E-state index in [2.05, 4.69) is 26.2 Å². The number of anilines is 2. The highest BCUT2D eigenvalue weighted by molar-refractivity contribution is 9.10. The van der Waals surface area contributed by atoms with Gasteiger partial charge in [-0.2, -0.15) is 0 Å². The number of nitrogens with zero attached hydrogens (tertiary/aromatic N) is 1. The Morgan fingerprint density at radius 1 is 1.37 bits per heavy atom. The molecule has 0 aliphatic heterocycles. The van der Waals surface area contributed by atoms with Crippen molar-refractivity contribution in [3.8, 4) is 0 Å². The summed E-state index contributed by atoms with van der Waals surface area (Å²) in [5, 5.41) is 2.73. The van der Waals surface area contributed by atoms with Crippen LogP contribution >= 0.6 is 27.7 Å². The SMILES string of the molecule is Nc1cnc(NC(=O)CSc2ccccc2)c(Br)c1. The summed E-state index contributed by atoms with van der Waals surface area (Å²) in [5.74, 6) is 0.711. The molecule has 0 saturated carbocycles. The molecule has 0 spiro atoms. The van der Waals surface area contributed by atoms with Crippen molar-refractivity contribution in [3.63, 3.8) is 0 Å². The third-order valence-corrected chi connectivity index (χ3v) is 3.85. The van der Waals surface area contributed by atoms with Crippen LogP contribution in [0.3, 0.4) is 0 Å². The largest absolute Gasteiger partial charge is 0.397 e. The van der Waals surface area contributed by atoms with E-state index >= 15 is 0 Å². The minimum atomic E-state index is -0.105. The second-order valence-corrected chi connectivity index (χ2v) is 5.65. The molecule has 0 aliphatic carbocycles. The summed E-state index contributed by atoms with van der Waals surface area (Å²) >= 11 is 4.78. The number of pyridine rings is 1. The first-order valence-electron chi connectivity index (χ1n) is 5.54. The van der Waals surface area contributed by atoms with Crippen LogP contribution in [0.15, 0.2) is 52.0 Å². The molecular formula is C13H12BrN3OS. The molecule has 0 unspecified atom stereocenters. The normalized spacial score (nSPS) is 10.2. The van der Waals surface area contributed by atoms with Gasteiger partial charge >= 0.3 is 0 Å². The minimum absolute atomic E-state index is 0.105. The van der Waals surface area contributed by atoms with Crippen molar-refractivity contribution in [1.82, 2.24) is 4.98 Å². The Hall–Kier alpha value is -1.53. The molecule has 2 aromatic rings. The van der Waals surface area contributed by atoms with Gasteiger partial charge in [0.2, 0.25) is 5.91 Å². The van der Waals surface area contributed by atoms with Crippen LogP contribution in [0.4, 0.5) is 11.5 Å². The Labute approximate surface area is 123 Å². The van der Waals surface area contributed by atoms with Gasteiger partial charge in [0, 0.05) is 4.90 Å². The number of benzene rings is 1. The highest BCUT2D eigenvalue weighted by Gasteiger charge is 2.07. The van der Waals surface area contributed by atoms with Crippen LogP contribution < -0.4 is 11.1 Å². The van der Waals surface area contributed by atoms with E-state index in [4.69, 9.17) is 5.73 Å². The summed E-state index contributed by atoms with van der Waals surface area (Å²) in [6, 6.07) is 11.5. The van der Waals surface area contributed by atoms with E-state index in [9.17, 15) is 4.79 Å². The minimum Gasteiger partial charge on any atom is -0.397 e. The Bertz CT molecular complexity index is 577. The molecule has 3 N–H and O–H groups in total. The van der Waals surface area contributed by atoms with Gasteiger partial charge in [-0.25, -0.2) is 4.98 Å². The molecule has 1 heterocycles. The van der Waals surface area contributed by atoms with Crippen molar-refractivity contribution in [3.05, 3.63) is 47.1 Å². The molecule has 4 nitrogen and oxygen atoms in total. The maximum absolute atomic E-state index is 11.8. The summed E-state index contributed by atoms with van der Waals surface area (Å²) in [7, 11) is 0. The van der Waals surface area contributed by atoms with Crippen molar-refractivity contribution >= 4 is 45.1 Å². The Balaban J connectivity index is 1.91. The fourth-order valence-corrected chi connectivity index (χ4v) is 2.56. The van der Waals surface area contributed by atoms with Crippen LogP contribution in [0, 0.1) is 0 Å². The van der Waals surface area contributed by atoms with Gasteiger partial charge in [0.25, 0.3) is 0 Å². The molecule has 6 heteroatoms. The summed E-state index contributed by atoms with van der Waals surface area (Å²) in [6.45, 7) is 0. The van der Waals surface area contributed by atoms with E-state index in [1.165, 1.54) is 18.0 Å². The van der Waals surface area contributed by atoms with Crippen LogP contribution in [-0.2, 0) is 4.79 Å². The van der Waals surface area contributed by atoms with E-state index in [-0.39, 0.29) is 5.91 Å². The number of halogens is 1. The van der Waals surface area contributed by atoms with Crippen LogP contribution in [0.25, 0.3) is 0 Å². The van der Waals surface area contributed by atoms with Gasteiger partial charge < -0.3 is 11.1 Å². The molecule has 1 amide bonds.